The minimum atomic E-state index is -0.644. The maximum atomic E-state index is 12.9. The van der Waals surface area contributed by atoms with Crippen molar-refractivity contribution in [3.8, 4) is 5.75 Å². The lowest BCUT2D eigenvalue weighted by molar-refractivity contribution is -0.147. The summed E-state index contributed by atoms with van der Waals surface area (Å²) in [7, 11) is 0. The minimum absolute atomic E-state index is 0.144. The summed E-state index contributed by atoms with van der Waals surface area (Å²) in [6.45, 7) is 2.24. The van der Waals surface area contributed by atoms with Gasteiger partial charge in [0.05, 0.1) is 0 Å². The molecule has 2 aromatic rings. The van der Waals surface area contributed by atoms with Gasteiger partial charge in [-0.05, 0) is 43.2 Å². The smallest absolute Gasteiger partial charge is 0.251 e. The van der Waals surface area contributed by atoms with Crippen LogP contribution in [0.4, 0.5) is 0 Å². The molecule has 0 unspecified atom stereocenters. The summed E-state index contributed by atoms with van der Waals surface area (Å²) in [4.78, 5) is 39.6. The van der Waals surface area contributed by atoms with E-state index in [1.807, 2.05) is 25.1 Å². The first-order valence-electron chi connectivity index (χ1n) is 9.67. The summed E-state index contributed by atoms with van der Waals surface area (Å²) in [6, 6.07) is 12.4. The summed E-state index contributed by atoms with van der Waals surface area (Å²) in [5.74, 6) is -0.387. The number of nitrogens with one attached hydrogen (secondary N) is 2. The van der Waals surface area contributed by atoms with Gasteiger partial charge in [0, 0.05) is 24.6 Å². The Kier molecular flexibility index (Phi) is 4.96. The first-order chi connectivity index (χ1) is 13.9. The van der Waals surface area contributed by atoms with Gasteiger partial charge in [-0.25, -0.2) is 0 Å². The van der Waals surface area contributed by atoms with Gasteiger partial charge in [-0.15, -0.1) is 0 Å². The average molecular weight is 393 g/mol. The van der Waals surface area contributed by atoms with Crippen molar-refractivity contribution in [3.63, 3.8) is 0 Å². The second-order valence-corrected chi connectivity index (χ2v) is 7.71. The van der Waals surface area contributed by atoms with Gasteiger partial charge in [-0.2, -0.15) is 0 Å². The highest BCUT2D eigenvalue weighted by Crippen LogP contribution is 2.24. The van der Waals surface area contributed by atoms with Gasteiger partial charge >= 0.3 is 0 Å². The fourth-order valence-corrected chi connectivity index (χ4v) is 4.02. The van der Waals surface area contributed by atoms with Crippen molar-refractivity contribution in [2.45, 2.75) is 37.9 Å². The molecule has 29 heavy (non-hydrogen) atoms. The average Bonchev–Trinajstić information content (AvgIpc) is 3.12. The zero-order chi connectivity index (χ0) is 20.5. The predicted molar refractivity (Wildman–Crippen MR) is 106 cm³/mol. The highest BCUT2D eigenvalue weighted by Gasteiger charge is 2.46. The third-order valence-corrected chi connectivity index (χ3v) is 5.49. The molecule has 0 saturated carbocycles. The Bertz CT molecular complexity index is 957. The minimum Gasteiger partial charge on any atom is -0.508 e. The van der Waals surface area contributed by atoms with E-state index in [4.69, 9.17) is 0 Å². The molecular formula is C22H23N3O4. The molecule has 0 radical (unpaired) electrons. The van der Waals surface area contributed by atoms with E-state index in [0.29, 0.717) is 24.9 Å². The zero-order valence-electron chi connectivity index (χ0n) is 16.1. The van der Waals surface area contributed by atoms with E-state index in [0.717, 1.165) is 11.1 Å². The van der Waals surface area contributed by atoms with E-state index in [-0.39, 0.29) is 29.5 Å². The Morgan fingerprint density at radius 1 is 1.21 bits per heavy atom. The third kappa shape index (κ3) is 3.94. The topological polar surface area (TPSA) is 98.7 Å². The monoisotopic (exact) mass is 393 g/mol. The number of rotatable bonds is 4. The first kappa shape index (κ1) is 19.0. The van der Waals surface area contributed by atoms with Crippen LogP contribution in [0.3, 0.4) is 0 Å². The lowest BCUT2D eigenvalue weighted by Gasteiger charge is -2.34. The van der Waals surface area contributed by atoms with Crippen LogP contribution in [-0.4, -0.2) is 52.4 Å². The molecule has 2 aliphatic rings. The Labute approximate surface area is 168 Å². The van der Waals surface area contributed by atoms with Crippen LogP contribution in [0.25, 0.3) is 0 Å². The predicted octanol–water partition coefficient (Wildman–Crippen LogP) is 1.14. The number of benzene rings is 2. The number of nitrogens with zero attached hydrogens (tertiary/aromatic N) is 1. The van der Waals surface area contributed by atoms with Gasteiger partial charge in [0.15, 0.2) is 0 Å². The second kappa shape index (κ2) is 7.58. The Morgan fingerprint density at radius 2 is 1.97 bits per heavy atom. The van der Waals surface area contributed by atoms with E-state index >= 15 is 0 Å². The fourth-order valence-electron chi connectivity index (χ4n) is 4.02. The Hall–Kier alpha value is -3.35. The third-order valence-electron chi connectivity index (χ3n) is 5.49. The van der Waals surface area contributed by atoms with Crippen LogP contribution in [0.2, 0.25) is 0 Å². The zero-order valence-corrected chi connectivity index (χ0v) is 16.1. The number of phenolic OH excluding ortho intramolecular Hbond substituents is 1. The number of piperazine rings is 1. The van der Waals surface area contributed by atoms with Gasteiger partial charge in [0.25, 0.3) is 5.91 Å². The fraction of sp³-hybridized carbons (Fsp3) is 0.318. The SMILES string of the molecule is Cc1cccc(C(=O)N[C@H]2C[C@H]3C(=O)N[C@@H](Cc4ccc(O)cc4)C(=O)N3C2)c1. The van der Waals surface area contributed by atoms with Gasteiger partial charge in [0.2, 0.25) is 11.8 Å². The Balaban J connectivity index is 1.42. The van der Waals surface area contributed by atoms with Gasteiger partial charge in [-0.1, -0.05) is 29.8 Å². The first-order valence-corrected chi connectivity index (χ1v) is 9.67. The van der Waals surface area contributed by atoms with Gasteiger partial charge in [-0.3, -0.25) is 14.4 Å². The summed E-state index contributed by atoms with van der Waals surface area (Å²) in [5.41, 5.74) is 2.41. The van der Waals surface area contributed by atoms with Crippen molar-refractivity contribution in [1.82, 2.24) is 15.5 Å². The van der Waals surface area contributed by atoms with Gasteiger partial charge in [0.1, 0.15) is 17.8 Å². The molecule has 7 nitrogen and oxygen atoms in total. The lowest BCUT2D eigenvalue weighted by Crippen LogP contribution is -2.61. The molecular weight excluding hydrogens is 370 g/mol. The standard InChI is InChI=1S/C22H23N3O4/c1-13-3-2-4-15(9-13)20(27)23-16-11-19-21(28)24-18(22(29)25(19)12-16)10-14-5-7-17(26)8-6-14/h2-9,16,18-19,26H,10-12H2,1H3,(H,23,27)(H,24,28)/t16-,18-,19-/m0/s1. The molecule has 3 atom stereocenters. The molecule has 2 heterocycles. The van der Waals surface area contributed by atoms with Crippen molar-refractivity contribution in [3.05, 3.63) is 65.2 Å². The van der Waals surface area contributed by atoms with E-state index in [1.54, 1.807) is 35.2 Å². The summed E-state index contributed by atoms with van der Waals surface area (Å²) in [6.07, 6.45) is 0.759. The molecule has 0 bridgehead atoms. The number of phenols is 1. The van der Waals surface area contributed by atoms with E-state index in [9.17, 15) is 19.5 Å². The molecule has 0 spiro atoms. The maximum Gasteiger partial charge on any atom is 0.251 e. The molecule has 2 saturated heterocycles. The molecule has 2 aromatic carbocycles. The Morgan fingerprint density at radius 3 is 2.69 bits per heavy atom. The van der Waals surface area contributed by atoms with E-state index in [2.05, 4.69) is 10.6 Å². The molecule has 2 aliphatic heterocycles. The summed E-state index contributed by atoms with van der Waals surface area (Å²) >= 11 is 0. The van der Waals surface area contributed by atoms with E-state index < -0.39 is 12.1 Å². The van der Waals surface area contributed by atoms with Crippen LogP contribution in [0.5, 0.6) is 5.75 Å². The number of aryl methyl sites for hydroxylation is 1. The number of aromatic hydroxyl groups is 1. The van der Waals surface area contributed by atoms with Crippen LogP contribution < -0.4 is 10.6 Å². The quantitative estimate of drug-likeness (QED) is 0.726. The van der Waals surface area contributed by atoms with Crippen LogP contribution in [0.1, 0.15) is 27.9 Å². The largest absolute Gasteiger partial charge is 0.508 e. The van der Waals surface area contributed by atoms with Crippen LogP contribution >= 0.6 is 0 Å². The van der Waals surface area contributed by atoms with Crippen molar-refractivity contribution in [2.75, 3.05) is 6.54 Å². The van der Waals surface area contributed by atoms with Gasteiger partial charge < -0.3 is 20.6 Å². The molecule has 3 N–H and O–H groups in total. The van der Waals surface area contributed by atoms with E-state index in [1.165, 1.54) is 0 Å². The van der Waals surface area contributed by atoms with Crippen LogP contribution in [0.15, 0.2) is 48.5 Å². The normalized spacial score (nSPS) is 23.5. The van der Waals surface area contributed by atoms with Crippen molar-refractivity contribution >= 4 is 17.7 Å². The van der Waals surface area contributed by atoms with Crippen molar-refractivity contribution < 1.29 is 19.5 Å². The maximum absolute atomic E-state index is 12.9. The summed E-state index contributed by atoms with van der Waals surface area (Å²) < 4.78 is 0. The highest BCUT2D eigenvalue weighted by atomic mass is 16.3. The molecule has 2 fully saturated rings. The molecule has 7 heteroatoms. The number of carbonyl (C=O) groups is 3. The second-order valence-electron chi connectivity index (χ2n) is 7.71. The number of carbonyl (C=O) groups excluding carboxylic acids is 3. The molecule has 3 amide bonds. The molecule has 4 rings (SSSR count). The number of hydrogen-bond acceptors (Lipinski definition) is 4. The number of hydrogen-bond donors (Lipinski definition) is 3. The van der Waals surface area contributed by atoms with Crippen molar-refractivity contribution in [2.24, 2.45) is 0 Å². The van der Waals surface area contributed by atoms with Crippen LogP contribution in [0, 0.1) is 6.92 Å². The molecule has 0 aliphatic carbocycles. The van der Waals surface area contributed by atoms with Crippen molar-refractivity contribution in [1.29, 1.82) is 0 Å². The molecule has 0 aromatic heterocycles. The number of fused-ring (bicyclic) bond motifs is 1. The molecule has 150 valence electrons. The highest BCUT2D eigenvalue weighted by molar-refractivity contribution is 5.98. The van der Waals surface area contributed by atoms with Crippen LogP contribution in [-0.2, 0) is 16.0 Å². The lowest BCUT2D eigenvalue weighted by atomic mass is 10.0. The summed E-state index contributed by atoms with van der Waals surface area (Å²) in [5, 5.41) is 15.2. The number of amides is 3.